The lowest BCUT2D eigenvalue weighted by molar-refractivity contribution is -0.137. The Kier molecular flexibility index (Phi) is 6.81. The van der Waals surface area contributed by atoms with Gasteiger partial charge in [0.1, 0.15) is 4.90 Å². The van der Waals surface area contributed by atoms with Crippen LogP contribution in [0, 0.1) is 0 Å². The van der Waals surface area contributed by atoms with Crippen LogP contribution < -0.4 is 14.8 Å². The Morgan fingerprint density at radius 3 is 2.40 bits per heavy atom. The topological polar surface area (TPSA) is 122 Å². The van der Waals surface area contributed by atoms with Crippen molar-refractivity contribution in [3.8, 4) is 5.75 Å². The zero-order chi connectivity index (χ0) is 19.4. The number of sulfonamides is 1. The van der Waals surface area contributed by atoms with E-state index < -0.39 is 27.4 Å². The van der Waals surface area contributed by atoms with E-state index in [1.54, 1.807) is 13.8 Å². The average Bonchev–Trinajstić information content (AvgIpc) is 2.50. The minimum Gasteiger partial charge on any atom is -0.494 e. The number of carbonyl (C=O) groups excluding carboxylic acids is 1. The summed E-state index contributed by atoms with van der Waals surface area (Å²) in [4.78, 5) is 22.4. The molecule has 0 unspecified atom stereocenters. The number of aliphatic carboxylic acids is 1. The summed E-state index contributed by atoms with van der Waals surface area (Å²) in [6, 6.07) is 2.47. The van der Waals surface area contributed by atoms with Gasteiger partial charge in [-0.1, -0.05) is 11.6 Å². The summed E-state index contributed by atoms with van der Waals surface area (Å²) in [5, 5.41) is 11.2. The number of carboxylic acid groups (broad SMARTS) is 1. The van der Waals surface area contributed by atoms with Gasteiger partial charge in [-0.15, -0.1) is 0 Å². The molecule has 0 heterocycles. The Labute approximate surface area is 151 Å². The lowest BCUT2D eigenvalue weighted by atomic mass is 10.0. The predicted molar refractivity (Wildman–Crippen MR) is 92.7 cm³/mol. The minimum atomic E-state index is -4.13. The molecule has 25 heavy (non-hydrogen) atoms. The van der Waals surface area contributed by atoms with Crippen LogP contribution in [0.25, 0.3) is 0 Å². The number of benzene rings is 1. The van der Waals surface area contributed by atoms with Crippen molar-refractivity contribution in [1.29, 1.82) is 0 Å². The van der Waals surface area contributed by atoms with Crippen LogP contribution in [0.3, 0.4) is 0 Å². The summed E-state index contributed by atoms with van der Waals surface area (Å²) in [5.41, 5.74) is -1.06. The van der Waals surface area contributed by atoms with Crippen molar-refractivity contribution in [3.63, 3.8) is 0 Å². The highest BCUT2D eigenvalue weighted by Crippen LogP contribution is 2.32. The molecule has 0 aromatic heterocycles. The molecule has 1 aromatic carbocycles. The summed E-state index contributed by atoms with van der Waals surface area (Å²) >= 11 is 5.95. The van der Waals surface area contributed by atoms with Gasteiger partial charge in [-0.3, -0.25) is 9.59 Å². The van der Waals surface area contributed by atoms with Gasteiger partial charge in [-0.05, 0) is 32.4 Å². The van der Waals surface area contributed by atoms with E-state index in [0.29, 0.717) is 0 Å². The van der Waals surface area contributed by atoms with E-state index >= 15 is 0 Å². The van der Waals surface area contributed by atoms with E-state index in [2.05, 4.69) is 10.0 Å². The number of carbonyl (C=O) groups is 2. The molecule has 0 spiro atoms. The minimum absolute atomic E-state index is 0.0267. The summed E-state index contributed by atoms with van der Waals surface area (Å²) < 4.78 is 33.1. The molecule has 0 aliphatic rings. The lowest BCUT2D eigenvalue weighted by Gasteiger charge is -2.26. The highest BCUT2D eigenvalue weighted by molar-refractivity contribution is 7.89. The van der Waals surface area contributed by atoms with E-state index in [1.165, 1.54) is 26.3 Å². The first kappa shape index (κ1) is 21.2. The van der Waals surface area contributed by atoms with Crippen LogP contribution in [0.4, 0.5) is 0 Å². The number of carboxylic acids is 1. The van der Waals surface area contributed by atoms with Gasteiger partial charge in [0, 0.05) is 24.0 Å². The van der Waals surface area contributed by atoms with E-state index in [-0.39, 0.29) is 34.1 Å². The normalized spacial score (nSPS) is 11.9. The molecule has 140 valence electrons. The van der Waals surface area contributed by atoms with Gasteiger partial charge >= 0.3 is 5.97 Å². The third kappa shape index (κ3) is 5.58. The second-order valence-corrected chi connectivity index (χ2v) is 8.03. The first-order valence-corrected chi connectivity index (χ1v) is 9.15. The van der Waals surface area contributed by atoms with E-state index in [0.717, 1.165) is 0 Å². The Balaban J connectivity index is 3.36. The van der Waals surface area contributed by atoms with Crippen molar-refractivity contribution >= 4 is 33.5 Å². The predicted octanol–water partition coefficient (Wildman–Crippen LogP) is 1.63. The van der Waals surface area contributed by atoms with Crippen LogP contribution in [0.5, 0.6) is 5.75 Å². The molecule has 0 saturated heterocycles. The number of hydrogen-bond donors (Lipinski definition) is 3. The number of rotatable bonds is 8. The highest BCUT2D eigenvalue weighted by Gasteiger charge is 2.31. The molecule has 1 amide bonds. The third-order valence-corrected chi connectivity index (χ3v) is 5.28. The molecule has 3 N–H and O–H groups in total. The fourth-order valence-corrected chi connectivity index (χ4v) is 4.11. The average molecular weight is 393 g/mol. The Hall–Kier alpha value is -1.84. The maximum Gasteiger partial charge on any atom is 0.303 e. The fraction of sp³-hybridized carbons (Fsp3) is 0.467. The van der Waals surface area contributed by atoms with E-state index in [4.69, 9.17) is 21.4 Å². The van der Waals surface area contributed by atoms with Gasteiger partial charge in [-0.2, -0.15) is 0 Å². The SMILES string of the molecule is CNC(=O)c1cc(Cl)cc(S(=O)(=O)NC(C)(C)CCC(=O)O)c1OC. The monoisotopic (exact) mass is 392 g/mol. The number of ether oxygens (including phenoxy) is 1. The van der Waals surface area contributed by atoms with Crippen LogP contribution in [-0.2, 0) is 14.8 Å². The van der Waals surface area contributed by atoms with Gasteiger partial charge in [0.05, 0.1) is 12.7 Å². The van der Waals surface area contributed by atoms with E-state index in [9.17, 15) is 18.0 Å². The van der Waals surface area contributed by atoms with Crippen molar-refractivity contribution in [2.24, 2.45) is 0 Å². The van der Waals surface area contributed by atoms with Gasteiger partial charge in [-0.25, -0.2) is 13.1 Å². The quantitative estimate of drug-likeness (QED) is 0.618. The molecule has 0 radical (unpaired) electrons. The molecule has 0 atom stereocenters. The Morgan fingerprint density at radius 2 is 1.92 bits per heavy atom. The van der Waals surface area contributed by atoms with Crippen molar-refractivity contribution in [2.75, 3.05) is 14.2 Å². The first-order chi connectivity index (χ1) is 11.4. The number of amides is 1. The van der Waals surface area contributed by atoms with E-state index in [1.807, 2.05) is 0 Å². The summed E-state index contributed by atoms with van der Waals surface area (Å²) in [6.45, 7) is 3.12. The summed E-state index contributed by atoms with van der Waals surface area (Å²) in [6.07, 6.45) is -0.127. The van der Waals surface area contributed by atoms with Crippen LogP contribution in [-0.4, -0.2) is 45.1 Å². The van der Waals surface area contributed by atoms with Gasteiger partial charge in [0.25, 0.3) is 5.91 Å². The zero-order valence-electron chi connectivity index (χ0n) is 14.3. The van der Waals surface area contributed by atoms with Gasteiger partial charge < -0.3 is 15.2 Å². The second kappa shape index (κ2) is 8.03. The Bertz CT molecular complexity index is 776. The van der Waals surface area contributed by atoms with Crippen LogP contribution in [0.1, 0.15) is 37.0 Å². The molecule has 0 saturated carbocycles. The standard InChI is InChI=1S/C15H21ClN2O6S/c1-15(2,6-5-12(19)20)18-25(22,23)11-8-9(16)7-10(13(11)24-4)14(21)17-3/h7-8,18H,5-6H2,1-4H3,(H,17,21)(H,19,20). The molecule has 8 nitrogen and oxygen atoms in total. The maximum absolute atomic E-state index is 12.8. The molecule has 0 aliphatic heterocycles. The second-order valence-electron chi connectivity index (χ2n) is 5.95. The summed E-state index contributed by atoms with van der Waals surface area (Å²) in [7, 11) is -1.49. The molecule has 1 rings (SSSR count). The van der Waals surface area contributed by atoms with Crippen LogP contribution in [0.15, 0.2) is 17.0 Å². The van der Waals surface area contributed by atoms with Crippen LogP contribution >= 0.6 is 11.6 Å². The molecule has 0 aliphatic carbocycles. The number of hydrogen-bond acceptors (Lipinski definition) is 5. The molecule has 0 fully saturated rings. The smallest absolute Gasteiger partial charge is 0.303 e. The third-order valence-electron chi connectivity index (χ3n) is 3.36. The largest absolute Gasteiger partial charge is 0.494 e. The zero-order valence-corrected chi connectivity index (χ0v) is 15.9. The van der Waals surface area contributed by atoms with Crippen molar-refractivity contribution in [1.82, 2.24) is 10.0 Å². The highest BCUT2D eigenvalue weighted by atomic mass is 35.5. The number of nitrogens with one attached hydrogen (secondary N) is 2. The van der Waals surface area contributed by atoms with Crippen LogP contribution in [0.2, 0.25) is 5.02 Å². The molecule has 10 heteroatoms. The number of methoxy groups -OCH3 is 1. The van der Waals surface area contributed by atoms with Crippen molar-refractivity contribution < 1.29 is 27.9 Å². The molecule has 0 bridgehead atoms. The molecular weight excluding hydrogens is 372 g/mol. The Morgan fingerprint density at radius 1 is 1.32 bits per heavy atom. The fourth-order valence-electron chi connectivity index (χ4n) is 2.17. The molecule has 1 aromatic rings. The van der Waals surface area contributed by atoms with Gasteiger partial charge in [0.2, 0.25) is 10.0 Å². The van der Waals surface area contributed by atoms with Crippen molar-refractivity contribution in [2.45, 2.75) is 37.1 Å². The molecular formula is C15H21ClN2O6S. The summed E-state index contributed by atoms with van der Waals surface area (Å²) in [5.74, 6) is -1.74. The first-order valence-electron chi connectivity index (χ1n) is 7.29. The van der Waals surface area contributed by atoms with Gasteiger partial charge in [0.15, 0.2) is 5.75 Å². The van der Waals surface area contributed by atoms with Crippen molar-refractivity contribution in [3.05, 3.63) is 22.7 Å². The maximum atomic E-state index is 12.8. The number of halogens is 1. The lowest BCUT2D eigenvalue weighted by Crippen LogP contribution is -2.43.